The van der Waals surface area contributed by atoms with Crippen LogP contribution in [-0.4, -0.2) is 4.98 Å². The molecule has 1 heterocycles. The molecule has 3 aromatic rings. The summed E-state index contributed by atoms with van der Waals surface area (Å²) in [6.45, 7) is 0. The van der Waals surface area contributed by atoms with E-state index in [2.05, 4.69) is 35.3 Å². The molecule has 2 nitrogen and oxygen atoms in total. The molecule has 82 valence electrons. The van der Waals surface area contributed by atoms with Gasteiger partial charge in [0.05, 0.1) is 0 Å². The van der Waals surface area contributed by atoms with E-state index < -0.39 is 0 Å². The van der Waals surface area contributed by atoms with Crippen LogP contribution in [0.2, 0.25) is 0 Å². The maximum absolute atomic E-state index is 5.66. The Hall–Kier alpha value is -2.35. The molecule has 0 saturated heterocycles. The van der Waals surface area contributed by atoms with Gasteiger partial charge in [-0.1, -0.05) is 42.5 Å². The summed E-state index contributed by atoms with van der Waals surface area (Å²) in [6, 6.07) is 18.5. The maximum atomic E-state index is 5.66. The molecule has 1 aromatic heterocycles. The number of fused-ring (bicyclic) bond motifs is 1. The smallest absolute Gasteiger partial charge is 0.123 e. The van der Waals surface area contributed by atoms with Gasteiger partial charge in [-0.2, -0.15) is 0 Å². The van der Waals surface area contributed by atoms with Crippen LogP contribution in [0.3, 0.4) is 0 Å². The highest BCUT2D eigenvalue weighted by atomic mass is 14.8. The first-order valence-electron chi connectivity index (χ1n) is 5.54. The highest BCUT2D eigenvalue weighted by Gasteiger charge is 1.99. The van der Waals surface area contributed by atoms with Gasteiger partial charge in [-0.25, -0.2) is 4.98 Å². The van der Waals surface area contributed by atoms with Crippen LogP contribution in [-0.2, 0) is 0 Å². The van der Waals surface area contributed by atoms with Gasteiger partial charge in [0.15, 0.2) is 0 Å². The molecule has 0 unspecified atom stereocenters. The summed E-state index contributed by atoms with van der Waals surface area (Å²) >= 11 is 0. The minimum absolute atomic E-state index is 0.560. The predicted molar refractivity (Wildman–Crippen MR) is 71.6 cm³/mol. The van der Waals surface area contributed by atoms with Crippen LogP contribution in [0.5, 0.6) is 0 Å². The van der Waals surface area contributed by atoms with E-state index in [-0.39, 0.29) is 0 Å². The van der Waals surface area contributed by atoms with E-state index in [4.69, 9.17) is 5.73 Å². The van der Waals surface area contributed by atoms with E-state index in [0.29, 0.717) is 5.82 Å². The molecule has 2 heteroatoms. The number of benzene rings is 2. The second-order valence-electron chi connectivity index (χ2n) is 4.04. The van der Waals surface area contributed by atoms with Crippen molar-refractivity contribution in [3.8, 4) is 11.1 Å². The lowest BCUT2D eigenvalue weighted by molar-refractivity contribution is 1.37. The van der Waals surface area contributed by atoms with Crippen LogP contribution in [0.25, 0.3) is 21.9 Å². The molecule has 2 N–H and O–H groups in total. The molecule has 0 saturated carbocycles. The van der Waals surface area contributed by atoms with Gasteiger partial charge in [0.25, 0.3) is 0 Å². The Morgan fingerprint density at radius 2 is 1.59 bits per heavy atom. The second-order valence-corrected chi connectivity index (χ2v) is 4.04. The summed E-state index contributed by atoms with van der Waals surface area (Å²) in [4.78, 5) is 4.12. The molecule has 0 amide bonds. The first kappa shape index (κ1) is 9.85. The quantitative estimate of drug-likeness (QED) is 0.681. The fourth-order valence-corrected chi connectivity index (χ4v) is 1.97. The van der Waals surface area contributed by atoms with E-state index in [1.54, 1.807) is 0 Å². The van der Waals surface area contributed by atoms with Crippen LogP contribution in [0, 0.1) is 0 Å². The topological polar surface area (TPSA) is 38.9 Å². The van der Waals surface area contributed by atoms with Gasteiger partial charge in [0.2, 0.25) is 0 Å². The largest absolute Gasteiger partial charge is 0.384 e. The lowest BCUT2D eigenvalue weighted by atomic mass is 10.0. The molecule has 0 aliphatic carbocycles. The van der Waals surface area contributed by atoms with Crippen LogP contribution >= 0.6 is 0 Å². The Bertz CT molecular complexity index is 660. The minimum Gasteiger partial charge on any atom is -0.384 e. The number of hydrogen-bond acceptors (Lipinski definition) is 2. The Morgan fingerprint density at radius 3 is 2.41 bits per heavy atom. The van der Waals surface area contributed by atoms with Crippen LogP contribution < -0.4 is 5.73 Å². The van der Waals surface area contributed by atoms with Crippen molar-refractivity contribution in [2.75, 3.05) is 5.73 Å². The van der Waals surface area contributed by atoms with Crippen molar-refractivity contribution < 1.29 is 0 Å². The number of nitrogens with two attached hydrogens (primary N) is 1. The Balaban J connectivity index is 2.17. The summed E-state index contributed by atoms with van der Waals surface area (Å²) in [7, 11) is 0. The van der Waals surface area contributed by atoms with Crippen LogP contribution in [0.4, 0.5) is 5.82 Å². The number of anilines is 1. The fraction of sp³-hybridized carbons (Fsp3) is 0. The van der Waals surface area contributed by atoms with E-state index >= 15 is 0 Å². The lowest BCUT2D eigenvalue weighted by Gasteiger charge is -2.04. The van der Waals surface area contributed by atoms with Gasteiger partial charge in [0, 0.05) is 11.6 Å². The highest BCUT2D eigenvalue weighted by Crippen LogP contribution is 2.24. The maximum Gasteiger partial charge on any atom is 0.123 e. The molecule has 0 atom stereocenters. The first-order chi connectivity index (χ1) is 8.33. The van der Waals surface area contributed by atoms with Crippen molar-refractivity contribution >= 4 is 16.6 Å². The van der Waals surface area contributed by atoms with Crippen molar-refractivity contribution in [1.29, 1.82) is 0 Å². The number of nitrogens with zero attached hydrogens (tertiary/aromatic N) is 1. The van der Waals surface area contributed by atoms with Crippen molar-refractivity contribution in [2.24, 2.45) is 0 Å². The van der Waals surface area contributed by atoms with Gasteiger partial charge in [-0.05, 0) is 28.6 Å². The third-order valence-corrected chi connectivity index (χ3v) is 2.85. The first-order valence-corrected chi connectivity index (χ1v) is 5.54. The monoisotopic (exact) mass is 220 g/mol. The molecular weight excluding hydrogens is 208 g/mol. The van der Waals surface area contributed by atoms with E-state index in [1.165, 1.54) is 11.1 Å². The molecule has 2 aromatic carbocycles. The van der Waals surface area contributed by atoms with Crippen molar-refractivity contribution in [3.05, 3.63) is 60.8 Å². The van der Waals surface area contributed by atoms with Gasteiger partial charge in [0.1, 0.15) is 5.82 Å². The zero-order valence-electron chi connectivity index (χ0n) is 9.30. The van der Waals surface area contributed by atoms with Gasteiger partial charge in [-0.15, -0.1) is 0 Å². The highest BCUT2D eigenvalue weighted by molar-refractivity contribution is 5.88. The third kappa shape index (κ3) is 1.85. The Labute approximate surface area is 99.7 Å². The van der Waals surface area contributed by atoms with Crippen molar-refractivity contribution in [2.45, 2.75) is 0 Å². The standard InChI is InChI=1S/C15H12N2/c16-15-9-13-7-6-12(8-14(13)10-17-15)11-4-2-1-3-5-11/h1-10H,(H2,16,17). The molecule has 0 radical (unpaired) electrons. The third-order valence-electron chi connectivity index (χ3n) is 2.85. The molecule has 3 rings (SSSR count). The van der Waals surface area contributed by atoms with Crippen molar-refractivity contribution in [1.82, 2.24) is 4.98 Å². The SMILES string of the molecule is Nc1cc2ccc(-c3ccccc3)cc2cn1. The average Bonchev–Trinajstić information content (AvgIpc) is 2.39. The normalized spacial score (nSPS) is 10.6. The van der Waals surface area contributed by atoms with Crippen LogP contribution in [0.15, 0.2) is 60.8 Å². The second kappa shape index (κ2) is 3.91. The molecule has 0 bridgehead atoms. The summed E-state index contributed by atoms with van der Waals surface area (Å²) in [6.07, 6.45) is 1.82. The number of pyridine rings is 1. The molecule has 17 heavy (non-hydrogen) atoms. The molecule has 0 aliphatic rings. The number of hydrogen-bond donors (Lipinski definition) is 1. The van der Waals surface area contributed by atoms with E-state index in [0.717, 1.165) is 10.8 Å². The summed E-state index contributed by atoms with van der Waals surface area (Å²) < 4.78 is 0. The number of aromatic nitrogens is 1. The zero-order chi connectivity index (χ0) is 11.7. The predicted octanol–water partition coefficient (Wildman–Crippen LogP) is 3.48. The van der Waals surface area contributed by atoms with Crippen molar-refractivity contribution in [3.63, 3.8) is 0 Å². The van der Waals surface area contributed by atoms with Gasteiger partial charge in [-0.3, -0.25) is 0 Å². The Morgan fingerprint density at radius 1 is 0.765 bits per heavy atom. The molecular formula is C15H12N2. The molecule has 0 aliphatic heterocycles. The summed E-state index contributed by atoms with van der Waals surface area (Å²) in [5, 5.41) is 2.23. The number of rotatable bonds is 1. The molecule has 0 fully saturated rings. The Kier molecular flexibility index (Phi) is 2.26. The van der Waals surface area contributed by atoms with Gasteiger partial charge >= 0.3 is 0 Å². The summed E-state index contributed by atoms with van der Waals surface area (Å²) in [5.41, 5.74) is 8.07. The molecule has 0 spiro atoms. The lowest BCUT2D eigenvalue weighted by Crippen LogP contribution is -1.88. The fourth-order valence-electron chi connectivity index (χ4n) is 1.97. The van der Waals surface area contributed by atoms with Crippen LogP contribution in [0.1, 0.15) is 0 Å². The van der Waals surface area contributed by atoms with E-state index in [9.17, 15) is 0 Å². The zero-order valence-corrected chi connectivity index (χ0v) is 9.30. The summed E-state index contributed by atoms with van der Waals surface area (Å²) in [5.74, 6) is 0.560. The van der Waals surface area contributed by atoms with E-state index in [1.807, 2.05) is 30.5 Å². The average molecular weight is 220 g/mol. The minimum atomic E-state index is 0.560. The number of nitrogen functional groups attached to an aromatic ring is 1. The van der Waals surface area contributed by atoms with Gasteiger partial charge < -0.3 is 5.73 Å².